The van der Waals surface area contributed by atoms with Crippen molar-refractivity contribution in [3.63, 3.8) is 0 Å². The van der Waals surface area contributed by atoms with Crippen LogP contribution in [0, 0.1) is 13.8 Å². The summed E-state index contributed by atoms with van der Waals surface area (Å²) in [6.07, 6.45) is 0.714. The predicted molar refractivity (Wildman–Crippen MR) is 94.6 cm³/mol. The van der Waals surface area contributed by atoms with E-state index in [1.165, 1.54) is 0 Å². The zero-order chi connectivity index (χ0) is 18.1. The lowest BCUT2D eigenvalue weighted by Gasteiger charge is -2.12. The number of amides is 1. The third-order valence-corrected chi connectivity index (χ3v) is 4.70. The standard InChI is InChI=1S/C18H23N5O3/c1-11-5-12(2)23(22-11)9-14-7-15(21-20-14)18(24)19-8-13-3-4-16-17(6-13)26-10-25-16/h3-6,14-15,20-21H,7-10H2,1-2H3,(H,19,24). The Morgan fingerprint density at radius 2 is 2.12 bits per heavy atom. The van der Waals surface area contributed by atoms with Gasteiger partial charge in [-0.3, -0.25) is 14.9 Å². The van der Waals surface area contributed by atoms with Crippen molar-refractivity contribution in [2.45, 2.75) is 45.4 Å². The van der Waals surface area contributed by atoms with Crippen LogP contribution in [0.15, 0.2) is 24.3 Å². The molecular formula is C18H23N5O3. The van der Waals surface area contributed by atoms with Crippen molar-refractivity contribution < 1.29 is 14.3 Å². The normalized spacial score (nSPS) is 21.2. The summed E-state index contributed by atoms with van der Waals surface area (Å²) in [5.41, 5.74) is 9.39. The van der Waals surface area contributed by atoms with E-state index in [0.29, 0.717) is 13.0 Å². The highest BCUT2D eigenvalue weighted by Crippen LogP contribution is 2.32. The van der Waals surface area contributed by atoms with Crippen LogP contribution >= 0.6 is 0 Å². The van der Waals surface area contributed by atoms with Gasteiger partial charge in [0.1, 0.15) is 6.04 Å². The van der Waals surface area contributed by atoms with E-state index in [2.05, 4.69) is 27.3 Å². The van der Waals surface area contributed by atoms with E-state index in [0.717, 1.165) is 35.0 Å². The maximum absolute atomic E-state index is 12.4. The second-order valence-corrected chi connectivity index (χ2v) is 6.79. The van der Waals surface area contributed by atoms with E-state index in [-0.39, 0.29) is 24.8 Å². The number of carbonyl (C=O) groups excluding carboxylic acids is 1. The lowest BCUT2D eigenvalue weighted by molar-refractivity contribution is -0.123. The van der Waals surface area contributed by atoms with Crippen LogP contribution in [-0.4, -0.2) is 34.6 Å². The number of carbonyl (C=O) groups is 1. The van der Waals surface area contributed by atoms with Crippen molar-refractivity contribution in [2.24, 2.45) is 0 Å². The SMILES string of the molecule is Cc1cc(C)n(CC2CC(C(=O)NCc3ccc4c(c3)OCO4)NN2)n1. The summed E-state index contributed by atoms with van der Waals surface area (Å²) in [7, 11) is 0. The molecule has 26 heavy (non-hydrogen) atoms. The zero-order valence-corrected chi connectivity index (χ0v) is 14.9. The number of benzene rings is 1. The van der Waals surface area contributed by atoms with Crippen molar-refractivity contribution in [1.29, 1.82) is 0 Å². The monoisotopic (exact) mass is 357 g/mol. The lowest BCUT2D eigenvalue weighted by Crippen LogP contribution is -2.43. The van der Waals surface area contributed by atoms with E-state index < -0.39 is 0 Å². The molecular weight excluding hydrogens is 334 g/mol. The largest absolute Gasteiger partial charge is 0.454 e. The van der Waals surface area contributed by atoms with Crippen molar-refractivity contribution in [2.75, 3.05) is 6.79 Å². The molecule has 0 radical (unpaired) electrons. The summed E-state index contributed by atoms with van der Waals surface area (Å²) in [6, 6.07) is 7.65. The fraction of sp³-hybridized carbons (Fsp3) is 0.444. The number of hydrogen-bond donors (Lipinski definition) is 3. The number of nitrogens with one attached hydrogen (secondary N) is 3. The molecule has 2 atom stereocenters. The summed E-state index contributed by atoms with van der Waals surface area (Å²) >= 11 is 0. The van der Waals surface area contributed by atoms with Crippen molar-refractivity contribution >= 4 is 5.91 Å². The first kappa shape index (κ1) is 16.9. The van der Waals surface area contributed by atoms with Crippen LogP contribution in [0.25, 0.3) is 0 Å². The lowest BCUT2D eigenvalue weighted by atomic mass is 10.1. The molecule has 2 unspecified atom stereocenters. The molecule has 4 rings (SSSR count). The Morgan fingerprint density at radius 3 is 2.92 bits per heavy atom. The highest BCUT2D eigenvalue weighted by atomic mass is 16.7. The average molecular weight is 357 g/mol. The van der Waals surface area contributed by atoms with Crippen LogP contribution in [0.1, 0.15) is 23.4 Å². The Kier molecular flexibility index (Phi) is 4.52. The van der Waals surface area contributed by atoms with E-state index >= 15 is 0 Å². The van der Waals surface area contributed by atoms with Crippen LogP contribution in [0.2, 0.25) is 0 Å². The minimum atomic E-state index is -0.258. The zero-order valence-electron chi connectivity index (χ0n) is 14.9. The van der Waals surface area contributed by atoms with Gasteiger partial charge in [-0.05, 0) is 44.0 Å². The number of rotatable bonds is 5. The molecule has 2 aromatic rings. The van der Waals surface area contributed by atoms with Gasteiger partial charge in [-0.15, -0.1) is 0 Å². The second kappa shape index (κ2) is 6.97. The first-order valence-electron chi connectivity index (χ1n) is 8.77. The average Bonchev–Trinajstić information content (AvgIpc) is 3.33. The minimum Gasteiger partial charge on any atom is -0.454 e. The van der Waals surface area contributed by atoms with Crippen LogP contribution < -0.4 is 25.6 Å². The topological polar surface area (TPSA) is 89.4 Å². The van der Waals surface area contributed by atoms with Gasteiger partial charge in [0.25, 0.3) is 0 Å². The first-order chi connectivity index (χ1) is 12.6. The smallest absolute Gasteiger partial charge is 0.238 e. The van der Waals surface area contributed by atoms with E-state index in [4.69, 9.17) is 9.47 Å². The Morgan fingerprint density at radius 1 is 1.27 bits per heavy atom. The number of hydrazine groups is 1. The summed E-state index contributed by atoms with van der Waals surface area (Å²) in [6.45, 7) is 5.46. The van der Waals surface area contributed by atoms with Gasteiger partial charge in [-0.1, -0.05) is 6.07 Å². The molecule has 2 aliphatic heterocycles. The quantitative estimate of drug-likeness (QED) is 0.733. The number of aryl methyl sites for hydroxylation is 2. The first-order valence-corrected chi connectivity index (χ1v) is 8.77. The molecule has 1 saturated heterocycles. The Balaban J connectivity index is 1.28. The van der Waals surface area contributed by atoms with Crippen LogP contribution in [-0.2, 0) is 17.9 Å². The minimum absolute atomic E-state index is 0.0222. The maximum atomic E-state index is 12.4. The summed E-state index contributed by atoms with van der Waals surface area (Å²) in [5.74, 6) is 1.45. The number of aromatic nitrogens is 2. The van der Waals surface area contributed by atoms with E-state index in [9.17, 15) is 4.79 Å². The van der Waals surface area contributed by atoms with Crippen LogP contribution in [0.4, 0.5) is 0 Å². The van der Waals surface area contributed by atoms with E-state index in [1.54, 1.807) is 0 Å². The third kappa shape index (κ3) is 3.51. The number of ether oxygens (including phenoxy) is 2. The molecule has 8 heteroatoms. The van der Waals surface area contributed by atoms with Gasteiger partial charge in [-0.2, -0.15) is 5.10 Å². The molecule has 138 valence electrons. The molecule has 3 N–H and O–H groups in total. The molecule has 2 aliphatic rings. The maximum Gasteiger partial charge on any atom is 0.238 e. The number of hydrogen-bond acceptors (Lipinski definition) is 6. The predicted octanol–water partition coefficient (Wildman–Crippen LogP) is 0.780. The Hall–Kier alpha value is -2.58. The van der Waals surface area contributed by atoms with Gasteiger partial charge in [0.2, 0.25) is 12.7 Å². The molecule has 1 amide bonds. The van der Waals surface area contributed by atoms with Gasteiger partial charge in [-0.25, -0.2) is 5.43 Å². The van der Waals surface area contributed by atoms with Gasteiger partial charge in [0, 0.05) is 18.3 Å². The molecule has 1 fully saturated rings. The highest BCUT2D eigenvalue weighted by Gasteiger charge is 2.29. The second-order valence-electron chi connectivity index (χ2n) is 6.79. The van der Waals surface area contributed by atoms with E-state index in [1.807, 2.05) is 36.7 Å². The van der Waals surface area contributed by atoms with Gasteiger partial charge in [0.05, 0.1) is 12.2 Å². The van der Waals surface area contributed by atoms with Gasteiger partial charge < -0.3 is 14.8 Å². The summed E-state index contributed by atoms with van der Waals surface area (Å²) in [4.78, 5) is 12.4. The van der Waals surface area contributed by atoms with Crippen LogP contribution in [0.5, 0.6) is 11.5 Å². The molecule has 1 aromatic carbocycles. The third-order valence-electron chi connectivity index (χ3n) is 4.70. The molecule has 0 saturated carbocycles. The fourth-order valence-electron chi connectivity index (χ4n) is 3.35. The molecule has 0 aliphatic carbocycles. The Labute approximate surface area is 151 Å². The van der Waals surface area contributed by atoms with Crippen molar-refractivity contribution in [3.8, 4) is 11.5 Å². The van der Waals surface area contributed by atoms with Gasteiger partial charge >= 0.3 is 0 Å². The number of nitrogens with zero attached hydrogens (tertiary/aromatic N) is 2. The molecule has 3 heterocycles. The molecule has 1 aromatic heterocycles. The number of fused-ring (bicyclic) bond motifs is 1. The fourth-order valence-corrected chi connectivity index (χ4v) is 3.35. The molecule has 8 nitrogen and oxygen atoms in total. The van der Waals surface area contributed by atoms with Crippen molar-refractivity contribution in [3.05, 3.63) is 41.2 Å². The highest BCUT2D eigenvalue weighted by molar-refractivity contribution is 5.82. The van der Waals surface area contributed by atoms with Gasteiger partial charge in [0.15, 0.2) is 11.5 Å². The molecule has 0 bridgehead atoms. The summed E-state index contributed by atoms with van der Waals surface area (Å²) < 4.78 is 12.6. The summed E-state index contributed by atoms with van der Waals surface area (Å²) in [5, 5.41) is 7.45. The Bertz CT molecular complexity index is 819. The molecule has 0 spiro atoms. The van der Waals surface area contributed by atoms with Crippen molar-refractivity contribution in [1.82, 2.24) is 25.9 Å². The van der Waals surface area contributed by atoms with Crippen LogP contribution in [0.3, 0.4) is 0 Å².